The predicted octanol–water partition coefficient (Wildman–Crippen LogP) is 1.27. The van der Waals surface area contributed by atoms with Gasteiger partial charge >= 0.3 is 0 Å². The Labute approximate surface area is 106 Å². The number of aromatic nitrogens is 3. The molecule has 0 bridgehead atoms. The lowest BCUT2D eigenvalue weighted by atomic mass is 10.2. The van der Waals surface area contributed by atoms with Crippen molar-refractivity contribution in [1.82, 2.24) is 20.3 Å². The number of nitrogens with zero attached hydrogens (tertiary/aromatic N) is 3. The highest BCUT2D eigenvalue weighted by Crippen LogP contribution is 2.16. The largest absolute Gasteiger partial charge is 0.361 e. The first-order valence-electron chi connectivity index (χ1n) is 6.35. The maximum Gasteiger partial charge on any atom is 0.225 e. The van der Waals surface area contributed by atoms with Crippen molar-refractivity contribution < 1.29 is 0 Å². The quantitative estimate of drug-likeness (QED) is 0.834. The highest BCUT2D eigenvalue weighted by molar-refractivity contribution is 5.57. The van der Waals surface area contributed by atoms with Crippen LogP contribution in [0.2, 0.25) is 0 Å². The fourth-order valence-corrected chi connectivity index (χ4v) is 2.18. The summed E-state index contributed by atoms with van der Waals surface area (Å²) in [5.41, 5.74) is 2.08. The van der Waals surface area contributed by atoms with Crippen LogP contribution in [0.4, 0.5) is 5.95 Å². The molecule has 0 aromatic carbocycles. The zero-order valence-electron chi connectivity index (χ0n) is 10.3. The lowest BCUT2D eigenvalue weighted by molar-refractivity contribution is 0.724. The van der Waals surface area contributed by atoms with Gasteiger partial charge in [0.05, 0.1) is 0 Å². The topological polar surface area (TPSA) is 56.8 Å². The molecule has 0 spiro atoms. The molecule has 0 amide bonds. The third-order valence-corrected chi connectivity index (χ3v) is 3.17. The molecule has 18 heavy (non-hydrogen) atoms. The molecule has 94 valence electrons. The van der Waals surface area contributed by atoms with E-state index in [4.69, 9.17) is 0 Å². The van der Waals surface area contributed by atoms with E-state index >= 15 is 0 Å². The molecule has 1 aliphatic rings. The van der Waals surface area contributed by atoms with Crippen molar-refractivity contribution in [3.63, 3.8) is 0 Å². The van der Waals surface area contributed by atoms with Crippen LogP contribution in [0.1, 0.15) is 6.42 Å². The minimum Gasteiger partial charge on any atom is -0.361 e. The lowest BCUT2D eigenvalue weighted by Gasteiger charge is -2.19. The third kappa shape index (κ3) is 2.36. The zero-order chi connectivity index (χ0) is 12.2. The van der Waals surface area contributed by atoms with E-state index in [1.807, 2.05) is 30.7 Å². The van der Waals surface area contributed by atoms with E-state index in [1.54, 1.807) is 0 Å². The van der Waals surface area contributed by atoms with Gasteiger partial charge in [-0.3, -0.25) is 0 Å². The van der Waals surface area contributed by atoms with Crippen molar-refractivity contribution in [2.45, 2.75) is 6.42 Å². The van der Waals surface area contributed by atoms with Gasteiger partial charge in [-0.15, -0.1) is 0 Å². The summed E-state index contributed by atoms with van der Waals surface area (Å²) in [5.74, 6) is 0.828. The molecule has 2 aromatic rings. The number of hydrogen-bond acceptors (Lipinski definition) is 4. The summed E-state index contributed by atoms with van der Waals surface area (Å²) >= 11 is 0. The third-order valence-electron chi connectivity index (χ3n) is 3.17. The van der Waals surface area contributed by atoms with Gasteiger partial charge in [0.2, 0.25) is 5.95 Å². The minimum atomic E-state index is 0.828. The average Bonchev–Trinajstić information content (AvgIpc) is 2.82. The second kappa shape index (κ2) is 5.18. The number of aromatic amines is 1. The van der Waals surface area contributed by atoms with E-state index in [2.05, 4.69) is 25.2 Å². The van der Waals surface area contributed by atoms with Crippen LogP contribution in [0.3, 0.4) is 0 Å². The molecular formula is C13H17N5. The molecule has 3 heterocycles. The molecule has 0 aliphatic carbocycles. The Hall–Kier alpha value is -1.88. The van der Waals surface area contributed by atoms with Gasteiger partial charge in [-0.1, -0.05) is 0 Å². The molecule has 3 rings (SSSR count). The van der Waals surface area contributed by atoms with Crippen LogP contribution >= 0.6 is 0 Å². The molecule has 5 heteroatoms. The normalized spacial score (nSPS) is 16.6. The van der Waals surface area contributed by atoms with Crippen molar-refractivity contribution in [3.05, 3.63) is 30.7 Å². The number of nitrogens with one attached hydrogen (secondary N) is 2. The van der Waals surface area contributed by atoms with Gasteiger partial charge in [-0.2, -0.15) is 0 Å². The standard InChI is InChI=1S/C13H17N5/c1-3-12(15-5-1)11-9-16-13(17-10-11)18-7-2-4-14-6-8-18/h1,3,5,9-10,14-15H,2,4,6-8H2. The first-order chi connectivity index (χ1) is 8.93. The van der Waals surface area contributed by atoms with Crippen molar-refractivity contribution in [1.29, 1.82) is 0 Å². The first-order valence-corrected chi connectivity index (χ1v) is 6.35. The van der Waals surface area contributed by atoms with Crippen molar-refractivity contribution in [3.8, 4) is 11.3 Å². The highest BCUT2D eigenvalue weighted by atomic mass is 15.3. The van der Waals surface area contributed by atoms with Crippen molar-refractivity contribution >= 4 is 5.95 Å². The van der Waals surface area contributed by atoms with E-state index in [1.165, 1.54) is 0 Å². The molecular weight excluding hydrogens is 226 g/mol. The van der Waals surface area contributed by atoms with Crippen LogP contribution in [-0.2, 0) is 0 Å². The van der Waals surface area contributed by atoms with Crippen LogP contribution in [0.15, 0.2) is 30.7 Å². The first kappa shape index (κ1) is 11.2. The minimum absolute atomic E-state index is 0.828. The van der Waals surface area contributed by atoms with E-state index in [-0.39, 0.29) is 0 Å². The maximum absolute atomic E-state index is 4.47. The van der Waals surface area contributed by atoms with Gasteiger partial charge in [0.1, 0.15) is 0 Å². The molecule has 0 radical (unpaired) electrons. The van der Waals surface area contributed by atoms with E-state index in [9.17, 15) is 0 Å². The molecule has 0 unspecified atom stereocenters. The highest BCUT2D eigenvalue weighted by Gasteiger charge is 2.11. The summed E-state index contributed by atoms with van der Waals surface area (Å²) in [6.07, 6.45) is 6.81. The van der Waals surface area contributed by atoms with Crippen LogP contribution in [0.5, 0.6) is 0 Å². The van der Waals surface area contributed by atoms with Crippen LogP contribution in [-0.4, -0.2) is 41.1 Å². The number of hydrogen-bond donors (Lipinski definition) is 2. The average molecular weight is 243 g/mol. The molecule has 1 aliphatic heterocycles. The molecule has 0 saturated carbocycles. The van der Waals surface area contributed by atoms with E-state index in [0.29, 0.717) is 0 Å². The SMILES string of the molecule is c1c[nH]c(-c2cnc(N3CCCNCC3)nc2)c1. The molecule has 2 aromatic heterocycles. The second-order valence-electron chi connectivity index (χ2n) is 4.45. The summed E-state index contributed by atoms with van der Waals surface area (Å²) in [7, 11) is 0. The number of H-pyrrole nitrogens is 1. The Bertz CT molecular complexity index is 469. The summed E-state index contributed by atoms with van der Waals surface area (Å²) in [4.78, 5) is 14.3. The van der Waals surface area contributed by atoms with Crippen LogP contribution < -0.4 is 10.2 Å². The molecule has 2 N–H and O–H groups in total. The molecule has 0 atom stereocenters. The summed E-state index contributed by atoms with van der Waals surface area (Å²) in [6, 6.07) is 4.00. The van der Waals surface area contributed by atoms with Crippen molar-refractivity contribution in [2.24, 2.45) is 0 Å². The van der Waals surface area contributed by atoms with Gasteiger partial charge in [-0.25, -0.2) is 9.97 Å². The van der Waals surface area contributed by atoms with Gasteiger partial charge < -0.3 is 15.2 Å². The number of anilines is 1. The predicted molar refractivity (Wildman–Crippen MR) is 71.5 cm³/mol. The molecule has 5 nitrogen and oxygen atoms in total. The number of rotatable bonds is 2. The van der Waals surface area contributed by atoms with Gasteiger partial charge in [0.15, 0.2) is 0 Å². The van der Waals surface area contributed by atoms with E-state index in [0.717, 1.165) is 49.8 Å². The van der Waals surface area contributed by atoms with Gasteiger partial charge in [0, 0.05) is 49.5 Å². The molecule has 1 saturated heterocycles. The summed E-state index contributed by atoms with van der Waals surface area (Å²) in [6.45, 7) is 4.08. The maximum atomic E-state index is 4.47. The van der Waals surface area contributed by atoms with Crippen molar-refractivity contribution in [2.75, 3.05) is 31.1 Å². The Balaban J connectivity index is 1.78. The fraction of sp³-hybridized carbons (Fsp3) is 0.385. The summed E-state index contributed by atoms with van der Waals surface area (Å²) in [5, 5.41) is 3.38. The Morgan fingerprint density at radius 1 is 1.11 bits per heavy atom. The zero-order valence-corrected chi connectivity index (χ0v) is 10.3. The lowest BCUT2D eigenvalue weighted by Crippen LogP contribution is -2.29. The molecule has 1 fully saturated rings. The van der Waals surface area contributed by atoms with Crippen LogP contribution in [0, 0.1) is 0 Å². The van der Waals surface area contributed by atoms with Crippen LogP contribution in [0.25, 0.3) is 11.3 Å². The van der Waals surface area contributed by atoms with E-state index < -0.39 is 0 Å². The Morgan fingerprint density at radius 2 is 2.00 bits per heavy atom. The second-order valence-corrected chi connectivity index (χ2v) is 4.45. The van der Waals surface area contributed by atoms with Gasteiger partial charge in [0.25, 0.3) is 0 Å². The monoisotopic (exact) mass is 243 g/mol. The fourth-order valence-electron chi connectivity index (χ4n) is 2.18. The Morgan fingerprint density at radius 3 is 2.78 bits per heavy atom. The van der Waals surface area contributed by atoms with Gasteiger partial charge in [-0.05, 0) is 25.1 Å². The smallest absolute Gasteiger partial charge is 0.225 e. The summed E-state index contributed by atoms with van der Waals surface area (Å²) < 4.78 is 0. The Kier molecular flexibility index (Phi) is 3.23.